The van der Waals surface area contributed by atoms with E-state index in [0.717, 1.165) is 22.6 Å². The van der Waals surface area contributed by atoms with E-state index in [1.165, 1.54) is 39.9 Å². The third-order valence-electron chi connectivity index (χ3n) is 4.91. The zero-order chi connectivity index (χ0) is 18.6. The van der Waals surface area contributed by atoms with Gasteiger partial charge < -0.3 is 0 Å². The molecule has 0 saturated heterocycles. The summed E-state index contributed by atoms with van der Waals surface area (Å²) in [6.07, 6.45) is 3.63. The topological polar surface area (TPSA) is 0 Å². The fourth-order valence-corrected chi connectivity index (χ4v) is 3.54. The Morgan fingerprint density at radius 2 is 1.33 bits per heavy atom. The molecular weight excluding hydrogens is 348 g/mol. The van der Waals surface area contributed by atoms with Crippen molar-refractivity contribution in [1.29, 1.82) is 0 Å². The highest BCUT2D eigenvalue weighted by molar-refractivity contribution is 6.30. The van der Waals surface area contributed by atoms with Crippen LogP contribution in [0.2, 0.25) is 5.02 Å². The molecule has 0 nitrogen and oxygen atoms in total. The van der Waals surface area contributed by atoms with E-state index in [1.807, 2.05) is 24.3 Å². The second kappa shape index (κ2) is 7.87. The normalized spacial score (nSPS) is 10.7. The van der Waals surface area contributed by atoms with Crippen LogP contribution in [0.25, 0.3) is 21.5 Å². The highest BCUT2D eigenvalue weighted by Gasteiger charge is 2.03. The minimum Gasteiger partial charge on any atom is -0.0843 e. The van der Waals surface area contributed by atoms with Crippen LogP contribution in [0.15, 0.2) is 72.8 Å². The molecule has 0 spiro atoms. The number of rotatable bonds is 3. The molecule has 0 aliphatic heterocycles. The number of halogens is 1. The highest BCUT2D eigenvalue weighted by atomic mass is 35.5. The predicted octanol–water partition coefficient (Wildman–Crippen LogP) is 7.39. The van der Waals surface area contributed by atoms with Gasteiger partial charge in [0.05, 0.1) is 0 Å². The molecule has 4 aromatic carbocycles. The Morgan fingerprint density at radius 1 is 0.704 bits per heavy atom. The van der Waals surface area contributed by atoms with Gasteiger partial charge in [0.25, 0.3) is 0 Å². The van der Waals surface area contributed by atoms with Gasteiger partial charge in [-0.3, -0.25) is 0 Å². The van der Waals surface area contributed by atoms with Crippen molar-refractivity contribution in [3.05, 3.63) is 94.5 Å². The van der Waals surface area contributed by atoms with E-state index in [9.17, 15) is 0 Å². The molecule has 1 heteroatoms. The third-order valence-corrected chi connectivity index (χ3v) is 5.17. The van der Waals surface area contributed by atoms with E-state index in [0.29, 0.717) is 0 Å². The van der Waals surface area contributed by atoms with Gasteiger partial charge in [0.15, 0.2) is 0 Å². The first-order valence-corrected chi connectivity index (χ1v) is 9.84. The molecule has 0 N–H and O–H groups in total. The summed E-state index contributed by atoms with van der Waals surface area (Å²) in [5.41, 5.74) is 3.42. The molecule has 4 aromatic rings. The molecule has 0 unspecified atom stereocenters. The van der Waals surface area contributed by atoms with Crippen molar-refractivity contribution in [3.8, 4) is 11.8 Å². The van der Waals surface area contributed by atoms with Crippen molar-refractivity contribution >= 4 is 33.1 Å². The third kappa shape index (κ3) is 4.00. The van der Waals surface area contributed by atoms with Gasteiger partial charge in [-0.1, -0.05) is 73.2 Å². The second-order valence-corrected chi connectivity index (χ2v) is 7.35. The molecule has 0 saturated carbocycles. The minimum atomic E-state index is 0.732. The number of hydrogen-bond acceptors (Lipinski definition) is 0. The van der Waals surface area contributed by atoms with E-state index in [2.05, 4.69) is 67.3 Å². The number of hydrogen-bond donors (Lipinski definition) is 0. The summed E-state index contributed by atoms with van der Waals surface area (Å²) in [5, 5.41) is 5.87. The van der Waals surface area contributed by atoms with Gasteiger partial charge in [-0.25, -0.2) is 0 Å². The lowest BCUT2D eigenvalue weighted by molar-refractivity contribution is 0.796. The molecule has 27 heavy (non-hydrogen) atoms. The number of unbranched alkanes of at least 4 members (excludes halogenated alkanes) is 1. The lowest BCUT2D eigenvalue weighted by Gasteiger charge is -2.07. The molecular formula is C26H21Cl. The summed E-state index contributed by atoms with van der Waals surface area (Å²) in [4.78, 5) is 0. The zero-order valence-corrected chi connectivity index (χ0v) is 16.2. The van der Waals surface area contributed by atoms with Crippen molar-refractivity contribution in [2.45, 2.75) is 26.2 Å². The maximum Gasteiger partial charge on any atom is 0.0406 e. The van der Waals surface area contributed by atoms with Crippen molar-refractivity contribution in [1.82, 2.24) is 0 Å². The summed E-state index contributed by atoms with van der Waals surface area (Å²) < 4.78 is 0. The Kier molecular flexibility index (Phi) is 5.14. The minimum absolute atomic E-state index is 0.732. The average Bonchev–Trinajstić information content (AvgIpc) is 2.71. The maximum absolute atomic E-state index is 5.93. The monoisotopic (exact) mass is 368 g/mol. The van der Waals surface area contributed by atoms with Crippen LogP contribution in [0, 0.1) is 11.8 Å². The van der Waals surface area contributed by atoms with Crippen molar-refractivity contribution < 1.29 is 0 Å². The summed E-state index contributed by atoms with van der Waals surface area (Å²) in [5.74, 6) is 6.47. The quantitative estimate of drug-likeness (QED) is 0.261. The number of benzene rings is 4. The van der Waals surface area contributed by atoms with E-state index in [1.54, 1.807) is 0 Å². The van der Waals surface area contributed by atoms with Crippen LogP contribution in [-0.2, 0) is 6.42 Å². The molecule has 0 radical (unpaired) electrons. The summed E-state index contributed by atoms with van der Waals surface area (Å²) in [6.45, 7) is 2.24. The Labute approximate surface area is 165 Å². The first kappa shape index (κ1) is 17.7. The van der Waals surface area contributed by atoms with Gasteiger partial charge in [0.1, 0.15) is 0 Å². The maximum atomic E-state index is 5.93. The molecule has 0 amide bonds. The molecule has 0 aromatic heterocycles. The first-order valence-electron chi connectivity index (χ1n) is 9.46. The smallest absolute Gasteiger partial charge is 0.0406 e. The Bertz CT molecular complexity index is 1160. The summed E-state index contributed by atoms with van der Waals surface area (Å²) in [6, 6.07) is 25.4. The molecule has 0 bridgehead atoms. The molecule has 4 rings (SSSR count). The Balaban J connectivity index is 1.69. The number of fused-ring (bicyclic) bond motifs is 3. The predicted molar refractivity (Wildman–Crippen MR) is 117 cm³/mol. The van der Waals surface area contributed by atoms with Crippen LogP contribution in [0.3, 0.4) is 0 Å². The lowest BCUT2D eigenvalue weighted by Crippen LogP contribution is -1.86. The molecule has 0 aliphatic rings. The fourth-order valence-electron chi connectivity index (χ4n) is 3.41. The van der Waals surface area contributed by atoms with Crippen LogP contribution in [0.5, 0.6) is 0 Å². The van der Waals surface area contributed by atoms with Crippen LogP contribution in [0.1, 0.15) is 36.5 Å². The van der Waals surface area contributed by atoms with Crippen molar-refractivity contribution in [2.24, 2.45) is 0 Å². The van der Waals surface area contributed by atoms with Gasteiger partial charge in [-0.15, -0.1) is 0 Å². The first-order chi connectivity index (χ1) is 13.2. The van der Waals surface area contributed by atoms with Crippen LogP contribution >= 0.6 is 11.6 Å². The summed E-state index contributed by atoms with van der Waals surface area (Å²) in [7, 11) is 0. The van der Waals surface area contributed by atoms with E-state index in [4.69, 9.17) is 11.6 Å². The Morgan fingerprint density at radius 3 is 2.07 bits per heavy atom. The second-order valence-electron chi connectivity index (χ2n) is 6.92. The van der Waals surface area contributed by atoms with E-state index >= 15 is 0 Å². The molecule has 0 heterocycles. The van der Waals surface area contributed by atoms with Crippen LogP contribution < -0.4 is 0 Å². The standard InChI is InChI=1S/C26H21Cl/c1-2-3-4-20-9-15-25-22(17-20)11-12-23-18-21(10-16-26(23)25)6-5-19-7-13-24(27)14-8-19/h7-18H,2-4H2,1H3. The van der Waals surface area contributed by atoms with Crippen LogP contribution in [0.4, 0.5) is 0 Å². The zero-order valence-electron chi connectivity index (χ0n) is 15.4. The molecule has 0 aliphatic carbocycles. The van der Waals surface area contributed by atoms with Gasteiger partial charge in [0.2, 0.25) is 0 Å². The molecule has 0 fully saturated rings. The van der Waals surface area contributed by atoms with Gasteiger partial charge >= 0.3 is 0 Å². The van der Waals surface area contributed by atoms with E-state index in [-0.39, 0.29) is 0 Å². The van der Waals surface area contributed by atoms with Gasteiger partial charge in [-0.2, -0.15) is 0 Å². The highest BCUT2D eigenvalue weighted by Crippen LogP contribution is 2.27. The SMILES string of the molecule is CCCCc1ccc2c(ccc3cc(C#Cc4ccc(Cl)cc4)ccc32)c1. The van der Waals surface area contributed by atoms with E-state index < -0.39 is 0 Å². The van der Waals surface area contributed by atoms with Gasteiger partial charge in [-0.05, 0) is 76.3 Å². The average molecular weight is 369 g/mol. The Hall–Kier alpha value is -2.75. The lowest BCUT2D eigenvalue weighted by atomic mass is 9.97. The van der Waals surface area contributed by atoms with Crippen LogP contribution in [-0.4, -0.2) is 0 Å². The summed E-state index contributed by atoms with van der Waals surface area (Å²) >= 11 is 5.93. The van der Waals surface area contributed by atoms with Crippen molar-refractivity contribution in [3.63, 3.8) is 0 Å². The number of aryl methyl sites for hydroxylation is 1. The fraction of sp³-hybridized carbons (Fsp3) is 0.154. The van der Waals surface area contributed by atoms with Crippen molar-refractivity contribution in [2.75, 3.05) is 0 Å². The largest absolute Gasteiger partial charge is 0.0843 e. The molecule has 132 valence electrons. The van der Waals surface area contributed by atoms with Gasteiger partial charge in [0, 0.05) is 16.1 Å². The molecule has 0 atom stereocenters.